The lowest BCUT2D eigenvalue weighted by molar-refractivity contribution is -0.182. The first-order chi connectivity index (χ1) is 45.9. The van der Waals surface area contributed by atoms with Gasteiger partial charge in [-0.2, -0.15) is 13.2 Å². The number of likely N-dealkylation sites (tertiary alicyclic amines) is 1. The maximum atomic E-state index is 15.4. The van der Waals surface area contributed by atoms with E-state index < -0.39 is 174 Å². The normalized spacial score (nSPS) is 30.6. The summed E-state index contributed by atoms with van der Waals surface area (Å²) in [5.41, 5.74) is -1.56. The van der Waals surface area contributed by atoms with E-state index in [0.29, 0.717) is 57.5 Å². The monoisotopic (exact) mass is 1410 g/mol. The van der Waals surface area contributed by atoms with Gasteiger partial charge in [-0.3, -0.25) is 57.5 Å². The van der Waals surface area contributed by atoms with Crippen LogP contribution in [0.5, 0.6) is 0 Å². The highest BCUT2D eigenvalue weighted by Gasteiger charge is 2.52. The molecule has 6 rings (SSSR count). The molecular formula is C70H114ClF3N12O12. The molecule has 0 aromatic heterocycles. The molecule has 28 heteroatoms. The second-order valence-corrected chi connectivity index (χ2v) is 30.9. The second kappa shape index (κ2) is 35.4. The summed E-state index contributed by atoms with van der Waals surface area (Å²) in [6, 6.07) is -8.64. The fourth-order valence-corrected chi connectivity index (χ4v) is 16.1. The molecule has 0 aromatic carbocycles. The topological polar surface area (TPSA) is 270 Å². The van der Waals surface area contributed by atoms with Gasteiger partial charge in [0.25, 0.3) is 0 Å². The van der Waals surface area contributed by atoms with Crippen LogP contribution in [-0.2, 0) is 57.5 Å². The Morgan fingerprint density at radius 3 is 1.79 bits per heavy atom. The van der Waals surface area contributed by atoms with Gasteiger partial charge in [-0.25, -0.2) is 0 Å². The molecule has 98 heavy (non-hydrogen) atoms. The molecule has 3 aliphatic carbocycles. The number of rotatable bonds is 11. The molecule has 3 aliphatic heterocycles. The number of fused-ring (bicyclic) bond motifs is 1. The van der Waals surface area contributed by atoms with E-state index in [4.69, 9.17) is 11.6 Å². The van der Waals surface area contributed by atoms with Crippen LogP contribution < -0.4 is 16.0 Å². The highest BCUT2D eigenvalue weighted by molar-refractivity contribution is 6.21. The summed E-state index contributed by atoms with van der Waals surface area (Å²) in [5, 5.41) is 7.53. The van der Waals surface area contributed by atoms with Crippen LogP contribution in [0.3, 0.4) is 0 Å². The summed E-state index contributed by atoms with van der Waals surface area (Å²) in [6.45, 7) is 12.1. The number of carbonyl (C=O) groups is 12. The first kappa shape index (κ1) is 80.7. The number of likely N-dealkylation sites (N-methyl/N-ethyl adjacent to an activating group) is 7. The number of hydrogen-bond acceptors (Lipinski definition) is 12. The fourth-order valence-electron chi connectivity index (χ4n) is 15.6. The molecule has 0 aromatic rings. The molecule has 1 spiro atoms. The molecule has 3 heterocycles. The lowest BCUT2D eigenvalue weighted by Gasteiger charge is -2.41. The third-order valence-electron chi connectivity index (χ3n) is 22.2. The van der Waals surface area contributed by atoms with Crippen molar-refractivity contribution in [3.63, 3.8) is 0 Å². The zero-order chi connectivity index (χ0) is 73.0. The minimum Gasteiger partial charge on any atom is -0.343 e. The number of amides is 12. The van der Waals surface area contributed by atoms with Crippen LogP contribution in [0, 0.1) is 41.4 Å². The van der Waals surface area contributed by atoms with E-state index in [1.165, 1.54) is 73.8 Å². The van der Waals surface area contributed by atoms with Crippen molar-refractivity contribution >= 4 is 82.5 Å². The van der Waals surface area contributed by atoms with Crippen molar-refractivity contribution in [1.82, 2.24) is 60.0 Å². The Labute approximate surface area is 583 Å². The zero-order valence-corrected chi connectivity index (χ0v) is 61.4. The smallest absolute Gasteiger partial charge is 0.343 e. The van der Waals surface area contributed by atoms with Gasteiger partial charge in [0.05, 0.1) is 32.0 Å². The minimum atomic E-state index is -4.51. The van der Waals surface area contributed by atoms with Crippen LogP contribution in [0.1, 0.15) is 183 Å². The van der Waals surface area contributed by atoms with Gasteiger partial charge in [0.15, 0.2) is 0 Å². The third kappa shape index (κ3) is 20.3. The quantitative estimate of drug-likeness (QED) is 0.219. The average Bonchev–Trinajstić information content (AvgIpc) is 1.55. The van der Waals surface area contributed by atoms with Gasteiger partial charge in [0.2, 0.25) is 70.9 Å². The highest BCUT2D eigenvalue weighted by atomic mass is 35.5. The van der Waals surface area contributed by atoms with Crippen LogP contribution in [0.2, 0.25) is 0 Å². The number of nitrogens with one attached hydrogen (secondary N) is 3. The maximum absolute atomic E-state index is 15.4. The molecule has 3 saturated carbocycles. The fraction of sp³-hybridized carbons (Fsp3) is 0.829. The zero-order valence-electron chi connectivity index (χ0n) is 60.7. The van der Waals surface area contributed by atoms with Gasteiger partial charge in [-0.15, -0.1) is 11.6 Å². The Bertz CT molecular complexity index is 2850. The number of halogens is 4. The van der Waals surface area contributed by atoms with Crippen molar-refractivity contribution < 1.29 is 70.7 Å². The maximum Gasteiger partial charge on any atom is 0.393 e. The Hall–Kier alpha value is -6.28. The third-order valence-corrected chi connectivity index (χ3v) is 22.6. The SMILES string of the molecule is CC[C@H](C)[C@@H]1NC(=O)[C@H](CC(C)C)N(C)C(=O)C[C@@H](C(=O)N2CCCC2)N(C)C(=O)[C@H](C(C)C)N(C)C(=O)C2(CCCC2)NC(=O)[C@@H]2CCCN2C(=O)[C@H](CCC2CCC(C(F)(F)F)C(Cl)C2)NC(=O)CN(C)C(=O)[C@H](CC2CCC(C)CC2)N(C)C(=O)CN(C)C(=O)CN(C)C1=O. The predicted octanol–water partition coefficient (Wildman–Crippen LogP) is 5.42. The Morgan fingerprint density at radius 1 is 0.612 bits per heavy atom. The van der Waals surface area contributed by atoms with E-state index in [1.807, 2.05) is 20.8 Å². The molecule has 24 nitrogen and oxygen atoms in total. The van der Waals surface area contributed by atoms with Crippen molar-refractivity contribution in [3.05, 3.63) is 0 Å². The molecule has 3 unspecified atom stereocenters. The lowest BCUT2D eigenvalue weighted by Crippen LogP contribution is -2.65. The standard InChI is InChI=1S/C70H114ClF3N12O12/c1-15-45(7)59-66(96)80(10)40-57(89)78(8)41-58(90)82(12)53(37-47-24-22-44(6)23-25-47)64(94)79(9)39-55(87)75-50(29-27-46-26-28-48(49(71)36-46)70(72,73)74)63(93)86-34-20-21-51(86)62(92)77-69(30-16-17-31-69)68(98)84(14)60(43(4)5)67(97)83(13)54(65(95)85-32-18-19-33-85)38-56(88)81(11)52(35-42(2)3)61(91)76-59/h42-54,59-60H,15-41H2,1-14H3,(H,75,87)(H,76,91)(H,77,92)/t44?,45-,46?,47?,48?,49?,50-,51-,52-,53-,54-,59-,60-/m0/s1. The van der Waals surface area contributed by atoms with Crippen molar-refractivity contribution in [2.45, 2.75) is 243 Å². The summed E-state index contributed by atoms with van der Waals surface area (Å²) in [5.74, 6) is -10.5. The van der Waals surface area contributed by atoms with Gasteiger partial charge in [-0.1, -0.05) is 93.4 Å². The largest absolute Gasteiger partial charge is 0.393 e. The summed E-state index contributed by atoms with van der Waals surface area (Å²) in [6.07, 6.45) is 2.32. The van der Waals surface area contributed by atoms with Gasteiger partial charge >= 0.3 is 6.18 Å². The molecule has 6 fully saturated rings. The van der Waals surface area contributed by atoms with Gasteiger partial charge < -0.3 is 60.0 Å². The predicted molar refractivity (Wildman–Crippen MR) is 363 cm³/mol. The number of carbonyl (C=O) groups excluding carboxylic acids is 12. The van der Waals surface area contributed by atoms with Crippen molar-refractivity contribution in [2.75, 3.05) is 88.6 Å². The average molecular weight is 1410 g/mol. The summed E-state index contributed by atoms with van der Waals surface area (Å²) < 4.78 is 41.9. The molecule has 11 atom stereocenters. The Morgan fingerprint density at radius 2 is 1.20 bits per heavy atom. The van der Waals surface area contributed by atoms with E-state index >= 15 is 19.2 Å². The van der Waals surface area contributed by atoms with Gasteiger partial charge in [0.1, 0.15) is 47.8 Å². The number of alkyl halides is 4. The molecule has 0 bridgehead atoms. The molecule has 12 amide bonds. The first-order valence-electron chi connectivity index (χ1n) is 35.9. The summed E-state index contributed by atoms with van der Waals surface area (Å²) in [7, 11) is 9.91. The highest BCUT2D eigenvalue weighted by Crippen LogP contribution is 2.44. The molecule has 554 valence electrons. The number of hydrogen-bond donors (Lipinski definition) is 3. The molecule has 3 saturated heterocycles. The van der Waals surface area contributed by atoms with E-state index in [1.54, 1.807) is 25.7 Å². The van der Waals surface area contributed by atoms with Crippen molar-refractivity contribution in [2.24, 2.45) is 41.4 Å². The van der Waals surface area contributed by atoms with Crippen LogP contribution in [0.15, 0.2) is 0 Å². The first-order valence-corrected chi connectivity index (χ1v) is 36.4. The molecule has 3 N–H and O–H groups in total. The van der Waals surface area contributed by atoms with E-state index in [0.717, 1.165) is 40.4 Å². The summed E-state index contributed by atoms with van der Waals surface area (Å²) in [4.78, 5) is 189. The minimum absolute atomic E-state index is 0.00187. The molecule has 0 radical (unpaired) electrons. The number of nitrogens with zero attached hydrogens (tertiary/aromatic N) is 9. The van der Waals surface area contributed by atoms with Crippen LogP contribution in [-0.4, -0.2) is 263 Å². The molecular weight excluding hydrogens is 1290 g/mol. The van der Waals surface area contributed by atoms with Gasteiger partial charge in [-0.05, 0) is 119 Å². The van der Waals surface area contributed by atoms with E-state index in [-0.39, 0.29) is 88.5 Å². The molecule has 6 aliphatic rings. The van der Waals surface area contributed by atoms with Crippen LogP contribution in [0.25, 0.3) is 0 Å². The van der Waals surface area contributed by atoms with Gasteiger partial charge in [0, 0.05) is 74.3 Å². The van der Waals surface area contributed by atoms with Crippen molar-refractivity contribution in [1.29, 1.82) is 0 Å². The second-order valence-electron chi connectivity index (χ2n) is 30.4. The summed E-state index contributed by atoms with van der Waals surface area (Å²) >= 11 is 6.39. The van der Waals surface area contributed by atoms with Crippen LogP contribution in [0.4, 0.5) is 13.2 Å². The Balaban J connectivity index is 1.40. The Kier molecular flexibility index (Phi) is 29.1. The van der Waals surface area contributed by atoms with Crippen LogP contribution >= 0.6 is 11.6 Å². The van der Waals surface area contributed by atoms with E-state index in [2.05, 4.69) is 22.9 Å². The van der Waals surface area contributed by atoms with Crippen molar-refractivity contribution in [3.8, 4) is 0 Å². The lowest BCUT2D eigenvalue weighted by atomic mass is 9.78. The van der Waals surface area contributed by atoms with E-state index in [9.17, 15) is 51.5 Å².